The fourth-order valence-corrected chi connectivity index (χ4v) is 3.17. The zero-order valence-electron chi connectivity index (χ0n) is 13.4. The summed E-state index contributed by atoms with van der Waals surface area (Å²) in [6, 6.07) is 9.21. The van der Waals surface area contributed by atoms with Crippen LogP contribution in [0, 0.1) is 0 Å². The first kappa shape index (κ1) is 14.7. The molecule has 0 unspecified atom stereocenters. The van der Waals surface area contributed by atoms with Crippen LogP contribution in [0.5, 0.6) is 0 Å². The summed E-state index contributed by atoms with van der Waals surface area (Å²) in [4.78, 5) is 26.2. The molecule has 24 heavy (non-hydrogen) atoms. The van der Waals surface area contributed by atoms with E-state index in [0.717, 1.165) is 16.5 Å². The van der Waals surface area contributed by atoms with Crippen molar-refractivity contribution in [1.82, 2.24) is 14.6 Å². The zero-order valence-corrected chi connectivity index (χ0v) is 13.4. The van der Waals surface area contributed by atoms with Gasteiger partial charge >= 0.3 is 0 Å². The number of benzene rings is 1. The molecule has 0 spiro atoms. The maximum absolute atomic E-state index is 12.6. The molecule has 4 rings (SSSR count). The Bertz CT molecular complexity index is 987. The van der Waals surface area contributed by atoms with Crippen molar-refractivity contribution in [1.29, 1.82) is 0 Å². The average Bonchev–Trinajstić information content (AvgIpc) is 2.99. The number of amides is 1. The quantitative estimate of drug-likeness (QED) is 0.719. The summed E-state index contributed by atoms with van der Waals surface area (Å²) in [7, 11) is 1.73. The van der Waals surface area contributed by atoms with Gasteiger partial charge in [-0.05, 0) is 29.7 Å². The van der Waals surface area contributed by atoms with Gasteiger partial charge in [0.05, 0.1) is 6.42 Å². The third-order valence-corrected chi connectivity index (χ3v) is 4.54. The van der Waals surface area contributed by atoms with Crippen LogP contribution in [0.25, 0.3) is 11.0 Å². The van der Waals surface area contributed by atoms with Gasteiger partial charge in [-0.2, -0.15) is 0 Å². The predicted octanol–water partition coefficient (Wildman–Crippen LogP) is 1.65. The van der Waals surface area contributed by atoms with Gasteiger partial charge in [-0.1, -0.05) is 17.3 Å². The lowest BCUT2D eigenvalue weighted by molar-refractivity contribution is -0.131. The van der Waals surface area contributed by atoms with E-state index >= 15 is 0 Å². The van der Waals surface area contributed by atoms with E-state index in [1.807, 2.05) is 35.4 Å². The van der Waals surface area contributed by atoms with Gasteiger partial charge in [0.2, 0.25) is 5.91 Å². The number of carbonyl (C=O) groups is 1. The molecule has 3 aromatic rings. The fourth-order valence-electron chi connectivity index (χ4n) is 3.17. The summed E-state index contributed by atoms with van der Waals surface area (Å²) < 4.78 is 6.82. The van der Waals surface area contributed by atoms with Crippen LogP contribution >= 0.6 is 0 Å². The minimum absolute atomic E-state index is 0.0115. The van der Waals surface area contributed by atoms with E-state index in [1.165, 1.54) is 0 Å². The molecule has 2 aromatic heterocycles. The number of aromatic nitrogens is 2. The lowest BCUT2D eigenvalue weighted by atomic mass is 10.0. The van der Waals surface area contributed by atoms with Crippen molar-refractivity contribution in [3.63, 3.8) is 0 Å². The van der Waals surface area contributed by atoms with E-state index in [9.17, 15) is 9.59 Å². The number of rotatable bonds is 2. The Morgan fingerprint density at radius 3 is 3.00 bits per heavy atom. The summed E-state index contributed by atoms with van der Waals surface area (Å²) in [5.74, 6) is 0.0218. The summed E-state index contributed by atoms with van der Waals surface area (Å²) in [5, 5.41) is 4.91. The molecule has 0 N–H and O–H groups in total. The monoisotopic (exact) mass is 323 g/mol. The van der Waals surface area contributed by atoms with Crippen LogP contribution in [0.15, 0.2) is 45.8 Å². The number of fused-ring (bicyclic) bond motifs is 2. The number of hydrogen-bond acceptors (Lipinski definition) is 4. The first-order chi connectivity index (χ1) is 11.6. The molecular formula is C18H17N3O3. The lowest BCUT2D eigenvalue weighted by Gasteiger charge is -2.28. The number of para-hydroxylation sites is 1. The number of aryl methyl sites for hydroxylation is 1. The summed E-state index contributed by atoms with van der Waals surface area (Å²) in [5.41, 5.74) is 3.42. The van der Waals surface area contributed by atoms with Crippen molar-refractivity contribution in [2.24, 2.45) is 7.05 Å². The molecule has 1 aromatic carbocycles. The number of nitrogens with zero attached hydrogens (tertiary/aromatic N) is 3. The molecule has 0 saturated heterocycles. The van der Waals surface area contributed by atoms with Crippen molar-refractivity contribution < 1.29 is 9.32 Å². The van der Waals surface area contributed by atoms with Crippen molar-refractivity contribution >= 4 is 16.9 Å². The topological polar surface area (TPSA) is 68.3 Å². The highest BCUT2D eigenvalue weighted by Crippen LogP contribution is 2.21. The molecule has 1 aliphatic heterocycles. The second kappa shape index (κ2) is 5.63. The molecule has 0 saturated carbocycles. The molecule has 6 heteroatoms. The van der Waals surface area contributed by atoms with Crippen LogP contribution in [0.3, 0.4) is 0 Å². The Labute approximate surface area is 138 Å². The fraction of sp³-hybridized carbons (Fsp3) is 0.278. The zero-order chi connectivity index (χ0) is 16.7. The van der Waals surface area contributed by atoms with Gasteiger partial charge < -0.3 is 14.0 Å². The van der Waals surface area contributed by atoms with E-state index in [4.69, 9.17) is 4.52 Å². The molecular weight excluding hydrogens is 306 g/mol. The first-order valence-corrected chi connectivity index (χ1v) is 7.91. The van der Waals surface area contributed by atoms with Crippen LogP contribution in [0.4, 0.5) is 0 Å². The van der Waals surface area contributed by atoms with E-state index in [1.54, 1.807) is 17.7 Å². The SMILES string of the molecule is Cn1cc2c(cc1=O)CCN(C(=O)Cc1noc3ccccc13)C2. The van der Waals surface area contributed by atoms with Crippen LogP contribution in [-0.4, -0.2) is 27.1 Å². The Balaban J connectivity index is 1.55. The Morgan fingerprint density at radius 1 is 1.29 bits per heavy atom. The summed E-state index contributed by atoms with van der Waals surface area (Å²) in [6.07, 6.45) is 2.75. The molecule has 0 atom stereocenters. The van der Waals surface area contributed by atoms with Crippen molar-refractivity contribution in [3.05, 3.63) is 63.7 Å². The Morgan fingerprint density at radius 2 is 2.12 bits per heavy atom. The Hall–Kier alpha value is -2.89. The molecule has 1 amide bonds. The first-order valence-electron chi connectivity index (χ1n) is 7.91. The van der Waals surface area contributed by atoms with Crippen LogP contribution in [-0.2, 0) is 31.2 Å². The standard InChI is InChI=1S/C18H17N3O3/c1-20-10-13-11-21(7-6-12(13)8-17(20)22)18(23)9-15-14-4-2-3-5-16(14)24-19-15/h2-5,8,10H,6-7,9,11H2,1H3. The van der Waals surface area contributed by atoms with Crippen molar-refractivity contribution in [2.75, 3.05) is 6.54 Å². The maximum Gasteiger partial charge on any atom is 0.250 e. The number of pyridine rings is 1. The maximum atomic E-state index is 12.6. The van der Waals surface area contributed by atoms with Crippen LogP contribution < -0.4 is 5.56 Å². The van der Waals surface area contributed by atoms with Gasteiger partial charge in [0, 0.05) is 37.8 Å². The largest absolute Gasteiger partial charge is 0.356 e. The van der Waals surface area contributed by atoms with E-state index in [0.29, 0.717) is 30.8 Å². The highest BCUT2D eigenvalue weighted by molar-refractivity contribution is 5.86. The van der Waals surface area contributed by atoms with Crippen LogP contribution in [0.2, 0.25) is 0 Å². The Kier molecular flexibility index (Phi) is 3.45. The number of hydrogen-bond donors (Lipinski definition) is 0. The van der Waals surface area contributed by atoms with Crippen molar-refractivity contribution in [2.45, 2.75) is 19.4 Å². The normalized spacial score (nSPS) is 14.0. The smallest absolute Gasteiger partial charge is 0.250 e. The van der Waals surface area contributed by atoms with Gasteiger partial charge in [-0.3, -0.25) is 9.59 Å². The molecule has 0 radical (unpaired) electrons. The molecule has 0 aliphatic carbocycles. The van der Waals surface area contributed by atoms with Gasteiger partial charge in [0.15, 0.2) is 5.58 Å². The molecule has 122 valence electrons. The third kappa shape index (κ3) is 2.50. The van der Waals surface area contributed by atoms with Crippen molar-refractivity contribution in [3.8, 4) is 0 Å². The second-order valence-corrected chi connectivity index (χ2v) is 6.14. The lowest BCUT2D eigenvalue weighted by Crippen LogP contribution is -2.38. The highest BCUT2D eigenvalue weighted by Gasteiger charge is 2.23. The average molecular weight is 323 g/mol. The highest BCUT2D eigenvalue weighted by atomic mass is 16.5. The van der Waals surface area contributed by atoms with Crippen LogP contribution in [0.1, 0.15) is 16.8 Å². The molecule has 6 nitrogen and oxygen atoms in total. The summed E-state index contributed by atoms with van der Waals surface area (Å²) >= 11 is 0. The molecule has 0 fully saturated rings. The van der Waals surface area contributed by atoms with Gasteiger partial charge in [-0.25, -0.2) is 0 Å². The minimum Gasteiger partial charge on any atom is -0.356 e. The van der Waals surface area contributed by atoms with Gasteiger partial charge in [-0.15, -0.1) is 0 Å². The van der Waals surface area contributed by atoms with E-state index < -0.39 is 0 Å². The predicted molar refractivity (Wildman–Crippen MR) is 88.5 cm³/mol. The second-order valence-electron chi connectivity index (χ2n) is 6.14. The molecule has 3 heterocycles. The van der Waals surface area contributed by atoms with Gasteiger partial charge in [0.25, 0.3) is 5.56 Å². The summed E-state index contributed by atoms with van der Waals surface area (Å²) in [6.45, 7) is 1.15. The van der Waals surface area contributed by atoms with E-state index in [-0.39, 0.29) is 17.9 Å². The van der Waals surface area contributed by atoms with E-state index in [2.05, 4.69) is 5.16 Å². The number of carbonyl (C=O) groups excluding carboxylic acids is 1. The third-order valence-electron chi connectivity index (χ3n) is 4.54. The molecule has 1 aliphatic rings. The molecule has 0 bridgehead atoms. The van der Waals surface area contributed by atoms with Gasteiger partial charge in [0.1, 0.15) is 5.69 Å². The minimum atomic E-state index is -0.0115.